The quantitative estimate of drug-likeness (QED) is 0.656. The van der Waals surface area contributed by atoms with Crippen LogP contribution in [-0.4, -0.2) is 22.0 Å². The number of halogens is 2. The van der Waals surface area contributed by atoms with E-state index >= 15 is 0 Å². The van der Waals surface area contributed by atoms with Crippen molar-refractivity contribution in [2.75, 3.05) is 6.54 Å². The maximum Gasteiger partial charge on any atom is 0.328 e. The first-order chi connectivity index (χ1) is 14.9. The molecule has 0 aliphatic heterocycles. The number of hydrogen-bond donors (Lipinski definition) is 2. The third-order valence-corrected chi connectivity index (χ3v) is 6.20. The molecule has 2 N–H and O–H groups in total. The number of hydrogen-bond acceptors (Lipinski definition) is 3. The number of carbonyl (C=O) groups is 1. The van der Waals surface area contributed by atoms with E-state index in [9.17, 15) is 23.2 Å². The van der Waals surface area contributed by atoms with Gasteiger partial charge in [-0.25, -0.2) is 13.6 Å². The number of amides is 1. The second-order valence-corrected chi connectivity index (χ2v) is 8.01. The Balaban J connectivity index is 1.63. The van der Waals surface area contributed by atoms with Crippen molar-refractivity contribution in [1.29, 1.82) is 0 Å². The molecular formula is C23H23F2N3O3. The van der Waals surface area contributed by atoms with Gasteiger partial charge in [0.05, 0.1) is 10.9 Å². The van der Waals surface area contributed by atoms with Crippen LogP contribution in [0.2, 0.25) is 0 Å². The summed E-state index contributed by atoms with van der Waals surface area (Å²) in [5, 5.41) is 3.11. The maximum atomic E-state index is 14.5. The molecule has 1 aromatic heterocycles. The van der Waals surface area contributed by atoms with Gasteiger partial charge in [0.1, 0.15) is 11.6 Å². The second-order valence-electron chi connectivity index (χ2n) is 8.01. The van der Waals surface area contributed by atoms with Gasteiger partial charge >= 0.3 is 5.69 Å². The van der Waals surface area contributed by atoms with E-state index < -0.39 is 34.2 Å². The molecule has 6 nitrogen and oxygen atoms in total. The fourth-order valence-corrected chi connectivity index (χ4v) is 4.61. The lowest BCUT2D eigenvalue weighted by atomic mass is 9.78. The average molecular weight is 427 g/mol. The largest absolute Gasteiger partial charge is 0.351 e. The van der Waals surface area contributed by atoms with Gasteiger partial charge in [0.15, 0.2) is 0 Å². The van der Waals surface area contributed by atoms with Gasteiger partial charge in [0.2, 0.25) is 0 Å². The molecule has 0 spiro atoms. The molecule has 1 heterocycles. The van der Waals surface area contributed by atoms with E-state index in [4.69, 9.17) is 0 Å². The number of benzene rings is 2. The number of carbonyl (C=O) groups excluding carboxylic acids is 1. The summed E-state index contributed by atoms with van der Waals surface area (Å²) in [5.74, 6) is -1.65. The van der Waals surface area contributed by atoms with Crippen LogP contribution in [0.25, 0.3) is 10.9 Å². The highest BCUT2D eigenvalue weighted by Gasteiger charge is 2.40. The van der Waals surface area contributed by atoms with E-state index in [1.165, 1.54) is 36.4 Å². The maximum absolute atomic E-state index is 14.5. The number of aromatic amines is 1. The topological polar surface area (TPSA) is 84.0 Å². The molecule has 4 rings (SSSR count). The number of rotatable bonds is 5. The van der Waals surface area contributed by atoms with Gasteiger partial charge in [0.25, 0.3) is 11.5 Å². The van der Waals surface area contributed by atoms with Crippen LogP contribution in [0.15, 0.2) is 46.0 Å². The Morgan fingerprint density at radius 2 is 1.81 bits per heavy atom. The zero-order valence-electron chi connectivity index (χ0n) is 17.1. The van der Waals surface area contributed by atoms with Crippen molar-refractivity contribution in [1.82, 2.24) is 14.9 Å². The van der Waals surface area contributed by atoms with Gasteiger partial charge < -0.3 is 10.3 Å². The summed E-state index contributed by atoms with van der Waals surface area (Å²) in [6.07, 6.45) is 2.80. The van der Waals surface area contributed by atoms with Crippen LogP contribution < -0.4 is 16.6 Å². The molecule has 3 aromatic rings. The minimum atomic E-state index is -0.800. The molecule has 1 aliphatic rings. The van der Waals surface area contributed by atoms with Crippen molar-refractivity contribution in [3.63, 3.8) is 0 Å². The molecule has 162 valence electrons. The summed E-state index contributed by atoms with van der Waals surface area (Å²) in [6, 6.07) is 8.25. The van der Waals surface area contributed by atoms with Crippen LogP contribution in [0.1, 0.15) is 48.5 Å². The van der Waals surface area contributed by atoms with Crippen molar-refractivity contribution in [2.24, 2.45) is 0 Å². The zero-order chi connectivity index (χ0) is 22.2. The molecule has 1 amide bonds. The third kappa shape index (κ3) is 3.66. The van der Waals surface area contributed by atoms with Crippen molar-refractivity contribution >= 4 is 16.8 Å². The molecule has 1 aliphatic carbocycles. The molecule has 1 fully saturated rings. The number of aromatic nitrogens is 2. The van der Waals surface area contributed by atoms with Crippen molar-refractivity contribution < 1.29 is 13.6 Å². The summed E-state index contributed by atoms with van der Waals surface area (Å²) >= 11 is 0. The predicted molar refractivity (Wildman–Crippen MR) is 113 cm³/mol. The first-order valence-corrected chi connectivity index (χ1v) is 10.4. The van der Waals surface area contributed by atoms with E-state index in [1.54, 1.807) is 6.92 Å². The molecule has 2 aromatic carbocycles. The minimum Gasteiger partial charge on any atom is -0.351 e. The van der Waals surface area contributed by atoms with Gasteiger partial charge in [-0.2, -0.15) is 0 Å². The van der Waals surface area contributed by atoms with Crippen LogP contribution in [0.4, 0.5) is 8.78 Å². The highest BCUT2D eigenvalue weighted by Crippen LogP contribution is 2.42. The molecular weight excluding hydrogens is 404 g/mol. The van der Waals surface area contributed by atoms with Crippen molar-refractivity contribution in [3.8, 4) is 0 Å². The number of nitrogens with one attached hydrogen (secondary N) is 2. The van der Waals surface area contributed by atoms with Gasteiger partial charge in [-0.15, -0.1) is 0 Å². The number of nitrogens with zero attached hydrogens (tertiary/aromatic N) is 1. The number of H-pyrrole nitrogens is 1. The SMILES string of the molecule is CCn1c(=O)[nH]c2cc(C(=O)NCC3(c4c(F)cccc4F)CCCC3)ccc2c1=O. The summed E-state index contributed by atoms with van der Waals surface area (Å²) in [7, 11) is 0. The minimum absolute atomic E-state index is 0.0239. The third-order valence-electron chi connectivity index (χ3n) is 6.20. The Labute approximate surface area is 176 Å². The first-order valence-electron chi connectivity index (χ1n) is 10.4. The summed E-state index contributed by atoms with van der Waals surface area (Å²) in [4.78, 5) is 39.9. The molecule has 0 unspecified atom stereocenters. The summed E-state index contributed by atoms with van der Waals surface area (Å²) < 4.78 is 30.1. The second kappa shape index (κ2) is 8.09. The average Bonchev–Trinajstić information content (AvgIpc) is 3.21. The zero-order valence-corrected chi connectivity index (χ0v) is 17.1. The fourth-order valence-electron chi connectivity index (χ4n) is 4.61. The molecule has 31 heavy (non-hydrogen) atoms. The fraction of sp³-hybridized carbons (Fsp3) is 0.348. The van der Waals surface area contributed by atoms with E-state index in [0.717, 1.165) is 17.4 Å². The van der Waals surface area contributed by atoms with Crippen LogP contribution in [-0.2, 0) is 12.0 Å². The van der Waals surface area contributed by atoms with Gasteiger partial charge in [0, 0.05) is 29.6 Å². The summed E-state index contributed by atoms with van der Waals surface area (Å²) in [5.41, 5.74) is -1.23. The van der Waals surface area contributed by atoms with Crippen molar-refractivity contribution in [3.05, 3.63) is 80.0 Å². The van der Waals surface area contributed by atoms with Crippen molar-refractivity contribution in [2.45, 2.75) is 44.6 Å². The van der Waals surface area contributed by atoms with Gasteiger partial charge in [-0.3, -0.25) is 14.2 Å². The molecule has 8 heteroatoms. The first kappa shape index (κ1) is 21.0. The highest BCUT2D eigenvalue weighted by molar-refractivity contribution is 5.97. The number of fused-ring (bicyclic) bond motifs is 1. The van der Waals surface area contributed by atoms with E-state index in [0.29, 0.717) is 18.2 Å². The Morgan fingerprint density at radius 3 is 2.45 bits per heavy atom. The highest BCUT2D eigenvalue weighted by atomic mass is 19.1. The van der Waals surface area contributed by atoms with Crippen LogP contribution in [0, 0.1) is 11.6 Å². The lowest BCUT2D eigenvalue weighted by Crippen LogP contribution is -2.40. The van der Waals surface area contributed by atoms with E-state index in [1.807, 2.05) is 0 Å². The lowest BCUT2D eigenvalue weighted by molar-refractivity contribution is 0.0942. The Hall–Kier alpha value is -3.29. The Bertz CT molecular complexity index is 1250. The van der Waals surface area contributed by atoms with Crippen LogP contribution in [0.3, 0.4) is 0 Å². The standard InChI is InChI=1S/C23H23F2N3O3/c1-2-28-21(30)15-9-8-14(12-18(15)27-22(28)31)20(29)26-13-23(10-3-4-11-23)19-16(24)6-5-7-17(19)25/h5-9,12H,2-4,10-11,13H2,1H3,(H,26,29)(H,27,31). The van der Waals surface area contributed by atoms with Gasteiger partial charge in [-0.1, -0.05) is 18.9 Å². The Kier molecular flexibility index (Phi) is 5.47. The molecule has 0 bridgehead atoms. The summed E-state index contributed by atoms with van der Waals surface area (Å²) in [6.45, 7) is 2.03. The lowest BCUT2D eigenvalue weighted by Gasteiger charge is -2.30. The normalized spacial score (nSPS) is 15.3. The smallest absolute Gasteiger partial charge is 0.328 e. The molecule has 0 atom stereocenters. The molecule has 0 saturated heterocycles. The van der Waals surface area contributed by atoms with Crippen LogP contribution in [0.5, 0.6) is 0 Å². The van der Waals surface area contributed by atoms with E-state index in [-0.39, 0.29) is 29.7 Å². The Morgan fingerprint density at radius 1 is 1.13 bits per heavy atom. The molecule has 0 radical (unpaired) electrons. The predicted octanol–water partition coefficient (Wildman–Crippen LogP) is 3.23. The van der Waals surface area contributed by atoms with E-state index in [2.05, 4.69) is 10.3 Å². The monoisotopic (exact) mass is 427 g/mol. The molecule has 1 saturated carbocycles. The van der Waals surface area contributed by atoms with Gasteiger partial charge in [-0.05, 0) is 50.1 Å². The van der Waals surface area contributed by atoms with Crippen LogP contribution >= 0.6 is 0 Å².